The lowest BCUT2D eigenvalue weighted by atomic mass is 10.0. The normalized spacial score (nSPS) is 12.9. The molecule has 26 heavy (non-hydrogen) atoms. The van der Waals surface area contributed by atoms with Crippen LogP contribution in [0.25, 0.3) is 10.9 Å². The minimum absolute atomic E-state index is 0.0166. The molecular formula is C17H22N4O4S. The van der Waals surface area contributed by atoms with Gasteiger partial charge in [-0.05, 0) is 24.5 Å². The number of benzene rings is 1. The van der Waals surface area contributed by atoms with Crippen molar-refractivity contribution < 1.29 is 18.0 Å². The van der Waals surface area contributed by atoms with Gasteiger partial charge < -0.3 is 11.1 Å². The van der Waals surface area contributed by atoms with E-state index in [0.29, 0.717) is 17.3 Å². The van der Waals surface area contributed by atoms with Gasteiger partial charge in [-0.25, -0.2) is 13.1 Å². The average Bonchev–Trinajstić information content (AvgIpc) is 2.58. The van der Waals surface area contributed by atoms with Crippen molar-refractivity contribution in [3.63, 3.8) is 0 Å². The van der Waals surface area contributed by atoms with Crippen molar-refractivity contribution in [2.45, 2.75) is 31.2 Å². The largest absolute Gasteiger partial charge is 0.368 e. The Labute approximate surface area is 152 Å². The summed E-state index contributed by atoms with van der Waals surface area (Å²) >= 11 is 0. The zero-order valence-electron chi connectivity index (χ0n) is 14.6. The number of amides is 2. The third-order valence-electron chi connectivity index (χ3n) is 3.69. The molecule has 1 atom stereocenters. The van der Waals surface area contributed by atoms with Gasteiger partial charge in [-0.3, -0.25) is 14.6 Å². The molecule has 9 heteroatoms. The van der Waals surface area contributed by atoms with Crippen LogP contribution >= 0.6 is 0 Å². The standard InChI is InChI=1S/C17H22N4O4S/c1-11(2)9-13(17(18)23)21-15(22)10-20-26(24,25)14-7-3-5-12-6-4-8-19-16(12)14/h3-8,11,13,20H,9-10H2,1-2H3,(H2,18,23)(H,21,22)/t13-/m0/s1. The van der Waals surface area contributed by atoms with Crippen molar-refractivity contribution in [3.05, 3.63) is 36.5 Å². The van der Waals surface area contributed by atoms with E-state index >= 15 is 0 Å². The van der Waals surface area contributed by atoms with Gasteiger partial charge in [0.1, 0.15) is 10.9 Å². The predicted molar refractivity (Wildman–Crippen MR) is 97.5 cm³/mol. The zero-order valence-corrected chi connectivity index (χ0v) is 15.4. The van der Waals surface area contributed by atoms with Gasteiger partial charge in [0, 0.05) is 11.6 Å². The summed E-state index contributed by atoms with van der Waals surface area (Å²) in [6.45, 7) is 3.27. The van der Waals surface area contributed by atoms with Crippen molar-refractivity contribution in [3.8, 4) is 0 Å². The van der Waals surface area contributed by atoms with Gasteiger partial charge in [0.15, 0.2) is 0 Å². The summed E-state index contributed by atoms with van der Waals surface area (Å²) in [6.07, 6.45) is 1.87. The SMILES string of the molecule is CC(C)C[C@H](NC(=O)CNS(=O)(=O)c1cccc2cccnc12)C(N)=O. The highest BCUT2D eigenvalue weighted by Crippen LogP contribution is 2.20. The van der Waals surface area contributed by atoms with E-state index in [2.05, 4.69) is 15.0 Å². The van der Waals surface area contributed by atoms with Gasteiger partial charge in [0.2, 0.25) is 21.8 Å². The highest BCUT2D eigenvalue weighted by molar-refractivity contribution is 7.89. The van der Waals surface area contributed by atoms with Gasteiger partial charge in [0.05, 0.1) is 12.1 Å². The van der Waals surface area contributed by atoms with Gasteiger partial charge >= 0.3 is 0 Å². The smallest absolute Gasteiger partial charge is 0.243 e. The molecule has 2 aromatic rings. The first-order chi connectivity index (χ1) is 12.2. The van der Waals surface area contributed by atoms with Crippen molar-refractivity contribution in [2.75, 3.05) is 6.54 Å². The molecular weight excluding hydrogens is 356 g/mol. The number of fused-ring (bicyclic) bond motifs is 1. The number of hydrogen-bond donors (Lipinski definition) is 3. The molecule has 0 aliphatic heterocycles. The summed E-state index contributed by atoms with van der Waals surface area (Å²) in [4.78, 5) is 27.5. The first-order valence-corrected chi connectivity index (χ1v) is 9.61. The number of pyridine rings is 1. The lowest BCUT2D eigenvalue weighted by molar-refractivity contribution is -0.127. The van der Waals surface area contributed by atoms with Gasteiger partial charge in [-0.1, -0.05) is 32.0 Å². The summed E-state index contributed by atoms with van der Waals surface area (Å²) in [7, 11) is -3.95. The van der Waals surface area contributed by atoms with Crippen LogP contribution < -0.4 is 15.8 Å². The monoisotopic (exact) mass is 378 g/mol. The summed E-state index contributed by atoms with van der Waals surface area (Å²) in [6, 6.07) is 7.38. The van der Waals surface area contributed by atoms with Gasteiger partial charge in [0.25, 0.3) is 0 Å². The molecule has 0 radical (unpaired) electrons. The topological polar surface area (TPSA) is 131 Å². The third kappa shape index (κ3) is 4.99. The van der Waals surface area contributed by atoms with Crippen molar-refractivity contribution in [1.29, 1.82) is 0 Å². The maximum Gasteiger partial charge on any atom is 0.243 e. The van der Waals surface area contributed by atoms with E-state index in [1.165, 1.54) is 12.3 Å². The molecule has 140 valence electrons. The fourth-order valence-corrected chi connectivity index (χ4v) is 3.65. The Morgan fingerprint density at radius 2 is 1.88 bits per heavy atom. The quantitative estimate of drug-likeness (QED) is 0.616. The van der Waals surface area contributed by atoms with E-state index in [4.69, 9.17) is 5.73 Å². The number of rotatable bonds is 8. The Hall–Kier alpha value is -2.52. The minimum Gasteiger partial charge on any atom is -0.368 e. The van der Waals surface area contributed by atoms with Gasteiger partial charge in [-0.2, -0.15) is 0 Å². The lowest BCUT2D eigenvalue weighted by Gasteiger charge is -2.17. The number of hydrogen-bond acceptors (Lipinski definition) is 5. The van der Waals surface area contributed by atoms with Crippen LogP contribution in [0.3, 0.4) is 0 Å². The molecule has 8 nitrogen and oxygen atoms in total. The summed E-state index contributed by atoms with van der Waals surface area (Å²) in [5, 5.41) is 3.12. The molecule has 4 N–H and O–H groups in total. The Kier molecular flexibility index (Phi) is 6.27. The number of para-hydroxylation sites is 1. The number of carbonyl (C=O) groups excluding carboxylic acids is 2. The second kappa shape index (κ2) is 8.24. The maximum absolute atomic E-state index is 12.5. The molecule has 1 aromatic heterocycles. The maximum atomic E-state index is 12.5. The molecule has 0 aliphatic rings. The van der Waals surface area contributed by atoms with E-state index in [-0.39, 0.29) is 10.8 Å². The third-order valence-corrected chi connectivity index (χ3v) is 5.13. The minimum atomic E-state index is -3.95. The molecule has 0 aliphatic carbocycles. The van der Waals surface area contributed by atoms with Crippen LogP contribution in [0.2, 0.25) is 0 Å². The van der Waals surface area contributed by atoms with E-state index in [0.717, 1.165) is 0 Å². The Bertz CT molecular complexity index is 907. The first-order valence-electron chi connectivity index (χ1n) is 8.13. The number of aromatic nitrogens is 1. The molecule has 0 fully saturated rings. The molecule has 1 heterocycles. The highest BCUT2D eigenvalue weighted by atomic mass is 32.2. The Balaban J connectivity index is 2.10. The van der Waals surface area contributed by atoms with Crippen molar-refractivity contribution in [1.82, 2.24) is 15.0 Å². The Morgan fingerprint density at radius 3 is 2.54 bits per heavy atom. The molecule has 0 spiro atoms. The van der Waals surface area contributed by atoms with Crippen molar-refractivity contribution >= 4 is 32.7 Å². The second-order valence-corrected chi connectivity index (χ2v) is 8.04. The summed E-state index contributed by atoms with van der Waals surface area (Å²) < 4.78 is 27.3. The summed E-state index contributed by atoms with van der Waals surface area (Å²) in [5.41, 5.74) is 5.59. The fraction of sp³-hybridized carbons (Fsp3) is 0.353. The highest BCUT2D eigenvalue weighted by Gasteiger charge is 2.22. The molecule has 2 amide bonds. The van der Waals surface area contributed by atoms with Crippen LogP contribution in [0.5, 0.6) is 0 Å². The molecule has 0 bridgehead atoms. The second-order valence-electron chi connectivity index (χ2n) is 6.31. The number of sulfonamides is 1. The fourth-order valence-electron chi connectivity index (χ4n) is 2.49. The first kappa shape index (κ1) is 19.8. The lowest BCUT2D eigenvalue weighted by Crippen LogP contribution is -2.48. The molecule has 2 rings (SSSR count). The average molecular weight is 378 g/mol. The van der Waals surface area contributed by atoms with E-state index in [1.54, 1.807) is 24.3 Å². The van der Waals surface area contributed by atoms with E-state index in [1.807, 2.05) is 13.8 Å². The Morgan fingerprint density at radius 1 is 1.19 bits per heavy atom. The van der Waals surface area contributed by atoms with Crippen LogP contribution in [0.4, 0.5) is 0 Å². The van der Waals surface area contributed by atoms with Crippen LogP contribution in [-0.4, -0.2) is 37.8 Å². The molecule has 1 aromatic carbocycles. The molecule has 0 unspecified atom stereocenters. The van der Waals surface area contributed by atoms with Crippen molar-refractivity contribution in [2.24, 2.45) is 11.7 Å². The van der Waals surface area contributed by atoms with E-state index < -0.39 is 34.4 Å². The number of nitrogens with two attached hydrogens (primary N) is 1. The van der Waals surface area contributed by atoms with E-state index in [9.17, 15) is 18.0 Å². The van der Waals surface area contributed by atoms with Crippen LogP contribution in [0.1, 0.15) is 20.3 Å². The molecule has 0 saturated carbocycles. The van der Waals surface area contributed by atoms with Crippen LogP contribution in [0.15, 0.2) is 41.4 Å². The number of primary amides is 1. The zero-order chi connectivity index (χ0) is 19.3. The summed E-state index contributed by atoms with van der Waals surface area (Å²) in [5.74, 6) is -1.15. The van der Waals surface area contributed by atoms with Gasteiger partial charge in [-0.15, -0.1) is 0 Å². The predicted octanol–water partition coefficient (Wildman–Crippen LogP) is 0.529. The van der Waals surface area contributed by atoms with Crippen LogP contribution in [0, 0.1) is 5.92 Å². The van der Waals surface area contributed by atoms with Crippen LogP contribution in [-0.2, 0) is 19.6 Å². The number of carbonyl (C=O) groups is 2. The molecule has 0 saturated heterocycles. The number of nitrogens with zero attached hydrogens (tertiary/aromatic N) is 1. The number of nitrogens with one attached hydrogen (secondary N) is 2.